The molecule has 1 atom stereocenters. The zero-order chi connectivity index (χ0) is 22.7. The summed E-state index contributed by atoms with van der Waals surface area (Å²) in [4.78, 5) is 40.5. The lowest BCUT2D eigenvalue weighted by molar-refractivity contribution is 0.0572. The number of nitrogens with zero attached hydrogens (tertiary/aromatic N) is 2. The number of ether oxygens (including phenoxy) is 1. The van der Waals surface area contributed by atoms with E-state index in [0.29, 0.717) is 34.8 Å². The molecule has 1 unspecified atom stereocenters. The average molecular weight is 426 g/mol. The molecule has 0 aliphatic heterocycles. The van der Waals surface area contributed by atoms with Crippen molar-refractivity contribution in [2.45, 2.75) is 46.8 Å². The third kappa shape index (κ3) is 4.05. The van der Waals surface area contributed by atoms with E-state index in [4.69, 9.17) is 13.6 Å². The fourth-order valence-electron chi connectivity index (χ4n) is 3.86. The summed E-state index contributed by atoms with van der Waals surface area (Å²) < 4.78 is 17.3. The summed E-state index contributed by atoms with van der Waals surface area (Å²) in [6.45, 7) is 7.65. The Morgan fingerprint density at radius 1 is 1.13 bits per heavy atom. The fraction of sp³-hybridized carbons (Fsp3) is 0.348. The molecule has 1 amide bonds. The third-order valence-electron chi connectivity index (χ3n) is 5.45. The van der Waals surface area contributed by atoms with Crippen LogP contribution in [0.5, 0.6) is 0 Å². The lowest BCUT2D eigenvalue weighted by atomic mass is 9.99. The third-order valence-corrected chi connectivity index (χ3v) is 5.45. The molecule has 0 aliphatic carbocycles. The van der Waals surface area contributed by atoms with E-state index in [9.17, 15) is 14.4 Å². The molecule has 0 bridgehead atoms. The molecule has 8 heteroatoms. The Kier molecular flexibility index (Phi) is 6.48. The number of carbonyl (C=O) groups is 3. The van der Waals surface area contributed by atoms with E-state index in [1.165, 1.54) is 24.5 Å². The van der Waals surface area contributed by atoms with Crippen LogP contribution in [0.2, 0.25) is 0 Å². The van der Waals surface area contributed by atoms with Gasteiger partial charge in [0.1, 0.15) is 11.5 Å². The molecule has 164 valence electrons. The van der Waals surface area contributed by atoms with Crippen LogP contribution in [0.3, 0.4) is 0 Å². The summed E-state index contributed by atoms with van der Waals surface area (Å²) in [5.74, 6) is -0.553. The Balaban J connectivity index is 2.03. The van der Waals surface area contributed by atoms with E-state index in [1.807, 2.05) is 6.92 Å². The van der Waals surface area contributed by atoms with E-state index >= 15 is 0 Å². The van der Waals surface area contributed by atoms with Crippen molar-refractivity contribution in [2.24, 2.45) is 0 Å². The maximum Gasteiger partial charge on any atom is 0.354 e. The summed E-state index contributed by atoms with van der Waals surface area (Å²) in [5.41, 5.74) is 1.94. The summed E-state index contributed by atoms with van der Waals surface area (Å²) in [5, 5.41) is 0. The highest BCUT2D eigenvalue weighted by Gasteiger charge is 2.34. The molecule has 0 aliphatic rings. The van der Waals surface area contributed by atoms with Crippen molar-refractivity contribution >= 4 is 17.7 Å². The van der Waals surface area contributed by atoms with E-state index in [0.717, 1.165) is 0 Å². The van der Waals surface area contributed by atoms with Crippen LogP contribution in [-0.2, 0) is 17.8 Å². The van der Waals surface area contributed by atoms with E-state index in [1.54, 1.807) is 49.6 Å². The Labute approximate surface area is 180 Å². The van der Waals surface area contributed by atoms with Crippen LogP contribution < -0.4 is 0 Å². The van der Waals surface area contributed by atoms with Crippen molar-refractivity contribution in [1.29, 1.82) is 0 Å². The first-order valence-corrected chi connectivity index (χ1v) is 10.0. The van der Waals surface area contributed by atoms with Crippen molar-refractivity contribution in [2.75, 3.05) is 7.11 Å². The molecule has 0 aromatic carbocycles. The van der Waals surface area contributed by atoms with Crippen LogP contribution in [0, 0.1) is 13.8 Å². The summed E-state index contributed by atoms with van der Waals surface area (Å²) >= 11 is 0. The molecule has 8 nitrogen and oxygen atoms in total. The minimum absolute atomic E-state index is 0.0931. The fourth-order valence-corrected chi connectivity index (χ4v) is 3.86. The van der Waals surface area contributed by atoms with Gasteiger partial charge in [-0.3, -0.25) is 9.59 Å². The van der Waals surface area contributed by atoms with E-state index in [-0.39, 0.29) is 18.1 Å². The number of hydrogen-bond donors (Lipinski definition) is 0. The summed E-state index contributed by atoms with van der Waals surface area (Å²) in [6, 6.07) is 5.78. The first-order valence-electron chi connectivity index (χ1n) is 10.0. The van der Waals surface area contributed by atoms with Crippen LogP contribution in [0.25, 0.3) is 0 Å². The number of hydrogen-bond acceptors (Lipinski definition) is 6. The quantitative estimate of drug-likeness (QED) is 0.399. The van der Waals surface area contributed by atoms with Gasteiger partial charge in [0.25, 0.3) is 5.91 Å². The number of Topliss-reactive ketones (excluding diaryl/α,β-unsaturated/α-hetero) is 1. The van der Waals surface area contributed by atoms with Crippen LogP contribution in [0.1, 0.15) is 62.3 Å². The highest BCUT2D eigenvalue weighted by molar-refractivity contribution is 6.07. The highest BCUT2D eigenvalue weighted by Crippen LogP contribution is 2.26. The van der Waals surface area contributed by atoms with Gasteiger partial charge < -0.3 is 23.0 Å². The van der Waals surface area contributed by atoms with Crippen LogP contribution in [0.15, 0.2) is 45.6 Å². The molecule has 0 N–H and O–H groups in total. The van der Waals surface area contributed by atoms with Crippen LogP contribution >= 0.6 is 0 Å². The predicted octanol–water partition coefficient (Wildman–Crippen LogP) is 4.01. The van der Waals surface area contributed by atoms with Gasteiger partial charge in [0, 0.05) is 17.8 Å². The van der Waals surface area contributed by atoms with Gasteiger partial charge in [0.05, 0.1) is 32.2 Å². The molecular formula is C23H26N2O6. The average Bonchev–Trinajstić information content (AvgIpc) is 3.51. The van der Waals surface area contributed by atoms with Gasteiger partial charge in [0.15, 0.2) is 11.5 Å². The lowest BCUT2D eigenvalue weighted by Gasteiger charge is -2.27. The molecular weight excluding hydrogens is 400 g/mol. The van der Waals surface area contributed by atoms with Gasteiger partial charge in [-0.1, -0.05) is 0 Å². The minimum atomic E-state index is -0.835. The molecule has 0 saturated heterocycles. The molecule has 0 fully saturated rings. The molecule has 3 rings (SSSR count). The summed E-state index contributed by atoms with van der Waals surface area (Å²) in [6.07, 6.45) is 2.92. The molecule has 0 spiro atoms. The number of carbonyl (C=O) groups excluding carboxylic acids is 3. The second kappa shape index (κ2) is 9.07. The Morgan fingerprint density at radius 3 is 2.35 bits per heavy atom. The first-order chi connectivity index (χ1) is 14.8. The standard InChI is InChI=1S/C23H26N2O6/c1-6-24-15(3)19(14(2)20(24)23(28)29-5)21(26)16(4)25(13-17-9-7-11-30-17)22(27)18-10-8-12-31-18/h7-12,16H,6,13H2,1-5H3. The molecule has 0 radical (unpaired) electrons. The maximum absolute atomic E-state index is 13.6. The SMILES string of the molecule is CCn1c(C)c(C(=O)C(C)N(Cc2ccco2)C(=O)c2ccco2)c(C)c1C(=O)OC. The Bertz CT molecular complexity index is 1080. The number of methoxy groups -OCH3 is 1. The topological polar surface area (TPSA) is 94.9 Å². The number of ketones is 1. The van der Waals surface area contributed by atoms with Gasteiger partial charge in [-0.25, -0.2) is 4.79 Å². The van der Waals surface area contributed by atoms with Gasteiger partial charge in [0.2, 0.25) is 0 Å². The van der Waals surface area contributed by atoms with Crippen molar-refractivity contribution in [3.63, 3.8) is 0 Å². The predicted molar refractivity (Wildman–Crippen MR) is 112 cm³/mol. The van der Waals surface area contributed by atoms with Crippen molar-refractivity contribution in [3.8, 4) is 0 Å². The van der Waals surface area contributed by atoms with Gasteiger partial charge in [-0.2, -0.15) is 0 Å². The zero-order valence-electron chi connectivity index (χ0n) is 18.3. The number of amides is 1. The van der Waals surface area contributed by atoms with Crippen LogP contribution in [-0.4, -0.2) is 40.3 Å². The molecule has 31 heavy (non-hydrogen) atoms. The van der Waals surface area contributed by atoms with Crippen molar-refractivity contribution < 1.29 is 28.0 Å². The maximum atomic E-state index is 13.6. The zero-order valence-corrected chi connectivity index (χ0v) is 18.3. The number of furan rings is 2. The Morgan fingerprint density at radius 2 is 1.81 bits per heavy atom. The number of rotatable bonds is 8. The molecule has 3 aromatic rings. The summed E-state index contributed by atoms with van der Waals surface area (Å²) in [7, 11) is 1.31. The van der Waals surface area contributed by atoms with Crippen molar-refractivity contribution in [1.82, 2.24) is 9.47 Å². The van der Waals surface area contributed by atoms with E-state index < -0.39 is 17.9 Å². The normalized spacial score (nSPS) is 11.9. The van der Waals surface area contributed by atoms with Gasteiger partial charge >= 0.3 is 5.97 Å². The second-order valence-electron chi connectivity index (χ2n) is 7.20. The number of aromatic nitrogens is 1. The van der Waals surface area contributed by atoms with E-state index in [2.05, 4.69) is 0 Å². The largest absolute Gasteiger partial charge is 0.467 e. The molecule has 0 saturated carbocycles. The number of esters is 1. The minimum Gasteiger partial charge on any atom is -0.467 e. The van der Waals surface area contributed by atoms with Gasteiger partial charge in [-0.05, 0) is 57.5 Å². The first kappa shape index (κ1) is 22.1. The smallest absolute Gasteiger partial charge is 0.354 e. The molecule has 3 heterocycles. The molecule has 3 aromatic heterocycles. The highest BCUT2D eigenvalue weighted by atomic mass is 16.5. The lowest BCUT2D eigenvalue weighted by Crippen LogP contribution is -2.43. The Hall–Kier alpha value is -3.55. The second-order valence-corrected chi connectivity index (χ2v) is 7.20. The van der Waals surface area contributed by atoms with Gasteiger partial charge in [-0.15, -0.1) is 0 Å². The van der Waals surface area contributed by atoms with Crippen LogP contribution in [0.4, 0.5) is 0 Å². The monoisotopic (exact) mass is 426 g/mol. The van der Waals surface area contributed by atoms with Crippen molar-refractivity contribution in [3.05, 3.63) is 70.8 Å².